The summed E-state index contributed by atoms with van der Waals surface area (Å²) in [5.41, 5.74) is 44.4. The van der Waals surface area contributed by atoms with Gasteiger partial charge in [0.05, 0.1) is 114 Å². The highest BCUT2D eigenvalue weighted by atomic mass is 32.7. The van der Waals surface area contributed by atoms with Gasteiger partial charge in [0.15, 0.2) is 57.3 Å². The second kappa shape index (κ2) is 43.5. The number of hydrogen-bond acceptors (Lipinski definition) is 54. The summed E-state index contributed by atoms with van der Waals surface area (Å²) in [5.74, 6) is 0.160. The van der Waals surface area contributed by atoms with Crippen LogP contribution >= 0.6 is 59.4 Å². The molecule has 12 aromatic rings. The Morgan fingerprint density at radius 2 is 0.537 bits per heavy atom. The third-order valence-corrected chi connectivity index (χ3v) is 35.9. The minimum Gasteiger partial charge on any atom is -0.383 e. The molecule has 7 aliphatic heterocycles. The zero-order valence-corrected chi connectivity index (χ0v) is 88.8. The van der Waals surface area contributed by atoms with Crippen molar-refractivity contribution in [1.82, 2.24) is 117 Å². The molecule has 12 aromatic heterocycles. The number of nitrogens with two attached hydrogens (primary N) is 7. The molecule has 7 fully saturated rings. The Hall–Kier alpha value is -7.49. The third-order valence-electron chi connectivity index (χ3n) is 24.6. The first kappa shape index (κ1) is 108. The van der Waals surface area contributed by atoms with Crippen molar-refractivity contribution in [3.8, 4) is 0 Å². The summed E-state index contributed by atoms with van der Waals surface area (Å²) in [6.07, 6.45) is -9.22. The van der Waals surface area contributed by atoms with Crippen LogP contribution in [-0.4, -0.2) is 278 Å². The molecule has 28 atom stereocenters. The lowest BCUT2D eigenvalue weighted by Crippen LogP contribution is -2.32. The van der Waals surface area contributed by atoms with Crippen LogP contribution in [-0.2, 0) is 172 Å². The number of thiol groups is 1. The maximum absolute atomic E-state index is 15.0. The first-order chi connectivity index (χ1) is 69.8. The van der Waals surface area contributed by atoms with Crippen molar-refractivity contribution in [3.63, 3.8) is 0 Å². The third kappa shape index (κ3) is 24.1. The van der Waals surface area contributed by atoms with E-state index in [1.54, 1.807) is 23.0 Å². The van der Waals surface area contributed by atoms with Gasteiger partial charge in [-0.25, -0.2) is 88.9 Å². The predicted molar refractivity (Wildman–Crippen MR) is 536 cm³/mol. The van der Waals surface area contributed by atoms with Gasteiger partial charge < -0.3 is 157 Å². The van der Waals surface area contributed by atoms with Crippen molar-refractivity contribution < 1.29 is 130 Å². The van der Waals surface area contributed by atoms with E-state index in [1.165, 1.54) is 89.4 Å². The first-order valence-electron chi connectivity index (χ1n) is 44.2. The van der Waals surface area contributed by atoms with Crippen molar-refractivity contribution in [3.05, 3.63) is 108 Å². The molecule has 20 N–H and O–H groups in total. The Morgan fingerprint density at radius 3 is 0.776 bits per heavy atom. The standard InChI is InChI=1S/C72H94N31O30P7S7/c1-5-33-34(6-49(120-33)99-26-90-54-61(75)80-21-85-66(54)99)128-135(107,142)114-18-44-38(10-51(124-44)101-28-92-56-63(77)82-23-87-68(56)101)133-140(112,147)119-20-46-40(12-53(126-46)103-30-94-58-65(79)84-25-89-70(58)103)132-139(111,146)117-17-43-37(8-48(122-43)98-14-32(3)60(74)96-72(98)105)130-137(109,144)118-19-45-39(11-52(125-45)102-29-93-57-64(78)83-24-88-69(57)102)131-138(110,145)116-16-42-36(7-47(121-42)97-13-31(2)59(73)95-71(97)104)129-136(108,143)115-15-41-35(127-134(106,141)113-4)9-50(123-41)100-27-91-55-62(76)81-22-86-67(55)100/h13-14,21-30,33-53H,5-12,15-20H2,1-4H3,(H,106,141)(H,107,142)(H,108,143)(H,109,144)(H,110,145)(H,111,146)(H,112,147)(H2,73,95,104)(H2,74,96,105)(H2,75,80,85)(H2,76,81,86)(H2,77,82,87)(H2,78,83,88)(H2,79,84,89)/t33-,34?,35?,36?,37?,38?,39?,40?,41-,42-,43-,44-,45-,46-,47-,48-,49-,50-,51-,52-,53-,134?,135?,136?,137?,138?,139?,140?/m1/s1. The number of hydrogen-bond donors (Lipinski definition) is 14. The second-order valence-corrected chi connectivity index (χ2v) is 53.8. The monoisotopic (exact) mass is 2310 g/mol. The summed E-state index contributed by atoms with van der Waals surface area (Å²) in [6.45, 7) is -30.3. The number of fused-ring (bicyclic) bond motifs is 5. The molecule has 0 spiro atoms. The fraction of sp³-hybridized carbons (Fsp3) is 0.542. The summed E-state index contributed by atoms with van der Waals surface area (Å²) in [7, 11) is 1.16. The fourth-order valence-electron chi connectivity index (χ4n) is 17.5. The van der Waals surface area contributed by atoms with E-state index in [4.69, 9.17) is 207 Å². The van der Waals surface area contributed by atoms with Crippen LogP contribution in [0.4, 0.5) is 40.7 Å². The Morgan fingerprint density at radius 1 is 0.327 bits per heavy atom. The molecule has 0 radical (unpaired) electrons. The van der Waals surface area contributed by atoms with Crippen LogP contribution in [0.1, 0.15) is 113 Å². The molecule has 0 aromatic carbocycles. The molecule has 7 aliphatic rings. The molecule has 0 aliphatic carbocycles. The van der Waals surface area contributed by atoms with E-state index >= 15 is 4.57 Å². The maximum atomic E-state index is 15.0. The van der Waals surface area contributed by atoms with Crippen molar-refractivity contribution in [1.29, 1.82) is 0 Å². The molecule has 19 heterocycles. The van der Waals surface area contributed by atoms with E-state index in [9.17, 15) is 38.9 Å². The molecule has 7 saturated heterocycles. The van der Waals surface area contributed by atoms with E-state index in [2.05, 4.69) is 97.0 Å². The Bertz CT molecular complexity index is 7470. The van der Waals surface area contributed by atoms with E-state index in [0.29, 0.717) is 28.7 Å². The number of anilines is 7. The molecule has 0 saturated carbocycles. The van der Waals surface area contributed by atoms with Crippen molar-refractivity contribution in [2.24, 2.45) is 0 Å². The lowest BCUT2D eigenvalue weighted by atomic mass is 10.1. The SMILES string of the molecule is CC[C@H]1O[C@@H](n2cnc3c(N)ncnc32)CC1OP(O)(=S)OC[C@H]1O[C@@H](n2cnc3c(N)ncnc32)CC1OP(=O)(S)OC[C@H]1O[C@@H](n2cnc3c(N)ncnc32)CC1OP(O)(=S)OC[C@H]1O[C@@H](n2cc(C)c(N)nc2=O)CC1OP(O)(=S)OC[C@H]1O[C@@H](n2cnc3c(N)ncnc32)CC1OP(O)(=S)OC[C@H]1O[C@@H](n2cc(C)c(N)nc2=O)CC1OP(O)(=S)OC[C@H]1O[C@@H](n2cnc3c(N)ncnc32)CC1OP(O)(=S)OC. The lowest BCUT2D eigenvalue weighted by molar-refractivity contribution is -0.0567. The van der Waals surface area contributed by atoms with Crippen LogP contribution in [0, 0.1) is 13.8 Å². The number of rotatable bonds is 41. The van der Waals surface area contributed by atoms with Crippen LogP contribution in [0.5, 0.6) is 0 Å². The summed E-state index contributed by atoms with van der Waals surface area (Å²) >= 11 is 38.2. The number of imidazole rings is 5. The average Bonchev–Trinajstić information content (AvgIpc) is 1.62. The number of nitrogen functional groups attached to an aromatic ring is 7. The summed E-state index contributed by atoms with van der Waals surface area (Å²) in [5, 5.41) is 0. The molecule has 14 unspecified atom stereocenters. The molecular formula is C72H94N31O30P7S7. The lowest BCUT2D eigenvalue weighted by Gasteiger charge is -2.28. The van der Waals surface area contributed by atoms with Gasteiger partial charge >= 0.3 is 58.5 Å². The quantitative estimate of drug-likeness (QED) is 0.0192. The van der Waals surface area contributed by atoms with Gasteiger partial charge in [0.2, 0.25) is 0 Å². The summed E-state index contributed by atoms with van der Waals surface area (Å²) in [6, 6.07) is 0. The largest absolute Gasteiger partial charge is 0.386 e. The number of aryl methyl sites for hydroxylation is 2. The van der Waals surface area contributed by atoms with Crippen LogP contribution in [0.3, 0.4) is 0 Å². The number of aromatic nitrogens is 24. The fourth-order valence-corrected chi connectivity index (χ4v) is 27.4. The molecule has 0 amide bonds. The van der Waals surface area contributed by atoms with Gasteiger partial charge in [0.25, 0.3) is 0 Å². The van der Waals surface area contributed by atoms with Gasteiger partial charge in [-0.1, -0.05) is 19.2 Å². The van der Waals surface area contributed by atoms with Crippen molar-refractivity contribution in [2.45, 2.75) is 201 Å². The van der Waals surface area contributed by atoms with Gasteiger partial charge in [-0.05, 0) is 91.1 Å². The normalized spacial score (nSPS) is 29.4. The molecule has 61 nitrogen and oxygen atoms in total. The van der Waals surface area contributed by atoms with Crippen LogP contribution in [0.2, 0.25) is 0 Å². The summed E-state index contributed by atoms with van der Waals surface area (Å²) < 4.78 is 155. The number of nitrogens with zero attached hydrogens (tertiary/aromatic N) is 24. The minimum atomic E-state index is -4.70. The van der Waals surface area contributed by atoms with Crippen LogP contribution < -0.4 is 51.5 Å². The van der Waals surface area contributed by atoms with Crippen molar-refractivity contribution >= 4 is 227 Å². The Kier molecular flexibility index (Phi) is 31.9. The predicted octanol–water partition coefficient (Wildman–Crippen LogP) is 3.60. The molecule has 75 heteroatoms. The van der Waals surface area contributed by atoms with E-state index in [-0.39, 0.29) is 130 Å². The average molecular weight is 2320 g/mol. The van der Waals surface area contributed by atoms with Gasteiger partial charge in [-0.3, -0.25) is 41.0 Å². The molecule has 794 valence electrons. The minimum absolute atomic E-state index is 0.00175. The van der Waals surface area contributed by atoms with Crippen molar-refractivity contribution in [2.75, 3.05) is 86.9 Å². The van der Waals surface area contributed by atoms with Gasteiger partial charge in [-0.2, -0.15) is 9.97 Å². The Balaban J connectivity index is 0.536. The Labute approximate surface area is 864 Å². The maximum Gasteiger partial charge on any atom is 0.386 e. The smallest absolute Gasteiger partial charge is 0.383 e. The van der Waals surface area contributed by atoms with Crippen LogP contribution in [0.15, 0.2) is 85.3 Å². The summed E-state index contributed by atoms with van der Waals surface area (Å²) in [4.78, 5) is 171. The van der Waals surface area contributed by atoms with Gasteiger partial charge in [0.1, 0.15) is 157 Å². The highest BCUT2D eigenvalue weighted by Gasteiger charge is 2.52. The highest BCUT2D eigenvalue weighted by Crippen LogP contribution is 2.61. The molecule has 147 heavy (non-hydrogen) atoms. The molecule has 19 rings (SSSR count). The zero-order chi connectivity index (χ0) is 104. The topological polar surface area (TPSA) is 802 Å². The van der Waals surface area contributed by atoms with Crippen LogP contribution in [0.25, 0.3) is 55.8 Å². The molecular weight excluding hydrogens is 2220 g/mol. The van der Waals surface area contributed by atoms with E-state index < -0.39 is 227 Å². The zero-order valence-electron chi connectivity index (χ0n) is 76.7. The highest BCUT2D eigenvalue weighted by molar-refractivity contribution is 8.44. The van der Waals surface area contributed by atoms with E-state index in [1.807, 2.05) is 6.92 Å². The van der Waals surface area contributed by atoms with Gasteiger partial charge in [0, 0.05) is 75.6 Å². The first-order valence-corrected chi connectivity index (χ1v) is 62.5. The van der Waals surface area contributed by atoms with E-state index in [0.717, 1.165) is 16.2 Å². The molecule has 0 bridgehead atoms. The van der Waals surface area contributed by atoms with Gasteiger partial charge in [-0.15, -0.1) is 0 Å². The second-order valence-electron chi connectivity index (χ2n) is 34.1. The number of ether oxygens (including phenoxy) is 7.